The van der Waals surface area contributed by atoms with Gasteiger partial charge in [-0.25, -0.2) is 4.98 Å². The van der Waals surface area contributed by atoms with E-state index in [0.29, 0.717) is 0 Å². The minimum atomic E-state index is 1.01. The van der Waals surface area contributed by atoms with Gasteiger partial charge in [0.25, 0.3) is 0 Å². The van der Waals surface area contributed by atoms with E-state index < -0.39 is 0 Å². The van der Waals surface area contributed by atoms with Crippen molar-refractivity contribution in [1.82, 2.24) is 10.3 Å². The predicted octanol–water partition coefficient (Wildman–Crippen LogP) is 1.63. The summed E-state index contributed by atoms with van der Waals surface area (Å²) in [6.07, 6.45) is 3.09. The van der Waals surface area contributed by atoms with Crippen molar-refractivity contribution in [2.24, 2.45) is 0 Å². The maximum absolute atomic E-state index is 4.41. The van der Waals surface area contributed by atoms with Crippen LogP contribution in [0.3, 0.4) is 0 Å². The molecule has 1 N–H and O–H groups in total. The average Bonchev–Trinajstić information content (AvgIpc) is 2.48. The van der Waals surface area contributed by atoms with Gasteiger partial charge in [-0.05, 0) is 13.3 Å². The molecule has 1 aromatic heterocycles. The number of thiazole rings is 1. The highest BCUT2D eigenvalue weighted by molar-refractivity contribution is 8.00. The van der Waals surface area contributed by atoms with Crippen LogP contribution in [0.5, 0.6) is 0 Å². The molecule has 0 bridgehead atoms. The van der Waals surface area contributed by atoms with E-state index in [2.05, 4.69) is 21.9 Å². The zero-order chi connectivity index (χ0) is 8.10. The third-order valence-electron chi connectivity index (χ3n) is 1.34. The molecule has 0 spiro atoms. The molecule has 0 aromatic carbocycles. The third-order valence-corrected chi connectivity index (χ3v) is 3.25. The lowest BCUT2D eigenvalue weighted by Crippen LogP contribution is -2.10. The molecule has 0 unspecified atom stereocenters. The van der Waals surface area contributed by atoms with E-state index >= 15 is 0 Å². The molecular formula is C7H12N2S2. The molecule has 0 atom stereocenters. The molecule has 1 heterocycles. The first-order valence-corrected chi connectivity index (χ1v) is 5.60. The van der Waals surface area contributed by atoms with Crippen LogP contribution in [0.2, 0.25) is 0 Å². The second-order valence-electron chi connectivity index (χ2n) is 2.16. The van der Waals surface area contributed by atoms with Crippen molar-refractivity contribution in [2.45, 2.75) is 10.8 Å². The van der Waals surface area contributed by atoms with Gasteiger partial charge in [0, 0.05) is 18.3 Å². The first kappa shape index (κ1) is 9.03. The third kappa shape index (κ3) is 2.81. The molecule has 0 aliphatic rings. The monoisotopic (exact) mass is 188 g/mol. The Morgan fingerprint density at radius 2 is 2.55 bits per heavy atom. The van der Waals surface area contributed by atoms with Gasteiger partial charge < -0.3 is 5.32 Å². The molecule has 2 nitrogen and oxygen atoms in total. The maximum atomic E-state index is 4.41. The molecule has 1 aromatic rings. The van der Waals surface area contributed by atoms with Crippen molar-refractivity contribution in [3.05, 3.63) is 11.1 Å². The lowest BCUT2D eigenvalue weighted by atomic mass is 10.3. The Balaban J connectivity index is 2.44. The Morgan fingerprint density at radius 1 is 1.73 bits per heavy atom. The van der Waals surface area contributed by atoms with Gasteiger partial charge in [0.1, 0.15) is 4.34 Å². The van der Waals surface area contributed by atoms with Gasteiger partial charge in [0.15, 0.2) is 0 Å². The fraction of sp³-hybridized carbons (Fsp3) is 0.571. The van der Waals surface area contributed by atoms with Gasteiger partial charge in [-0.15, -0.1) is 11.3 Å². The molecule has 0 saturated heterocycles. The van der Waals surface area contributed by atoms with Crippen molar-refractivity contribution in [3.63, 3.8) is 0 Å². The Bertz CT molecular complexity index is 210. The summed E-state index contributed by atoms with van der Waals surface area (Å²) in [6.45, 7) is 1.01. The summed E-state index contributed by atoms with van der Waals surface area (Å²) < 4.78 is 1.16. The number of hydrogen-bond acceptors (Lipinski definition) is 4. The standard InChI is InChI=1S/C7H12N2S2/c1-8-4-3-6-5-11-7(9-6)10-2/h5,8H,3-4H2,1-2H3. The number of aromatic nitrogens is 1. The van der Waals surface area contributed by atoms with Gasteiger partial charge in [-0.1, -0.05) is 11.8 Å². The van der Waals surface area contributed by atoms with Gasteiger partial charge in [0.05, 0.1) is 5.69 Å². The summed E-state index contributed by atoms with van der Waals surface area (Å²) in [5, 5.41) is 5.23. The second-order valence-corrected chi connectivity index (χ2v) is 4.07. The van der Waals surface area contributed by atoms with E-state index in [-0.39, 0.29) is 0 Å². The van der Waals surface area contributed by atoms with Gasteiger partial charge in [-0.2, -0.15) is 0 Å². The average molecular weight is 188 g/mol. The Hall–Kier alpha value is -0.0600. The van der Waals surface area contributed by atoms with Crippen molar-refractivity contribution < 1.29 is 0 Å². The number of rotatable bonds is 4. The smallest absolute Gasteiger partial charge is 0.149 e. The molecule has 0 fully saturated rings. The number of thioether (sulfide) groups is 1. The number of hydrogen-bond donors (Lipinski definition) is 1. The van der Waals surface area contributed by atoms with Gasteiger partial charge in [-0.3, -0.25) is 0 Å². The Kier molecular flexibility index (Phi) is 3.90. The number of nitrogens with one attached hydrogen (secondary N) is 1. The van der Waals surface area contributed by atoms with Crippen LogP contribution in [0.4, 0.5) is 0 Å². The molecule has 0 amide bonds. The first-order chi connectivity index (χ1) is 5.36. The molecule has 0 saturated carbocycles. The van der Waals surface area contributed by atoms with Crippen LogP contribution in [0.15, 0.2) is 9.72 Å². The lowest BCUT2D eigenvalue weighted by Gasteiger charge is -1.93. The fourth-order valence-electron chi connectivity index (χ4n) is 0.750. The van der Waals surface area contributed by atoms with E-state index in [1.165, 1.54) is 5.69 Å². The summed E-state index contributed by atoms with van der Waals surface area (Å²) in [5.41, 5.74) is 1.20. The molecule has 1 rings (SSSR count). The molecule has 0 aliphatic heterocycles. The van der Waals surface area contributed by atoms with Gasteiger partial charge in [0.2, 0.25) is 0 Å². The van der Waals surface area contributed by atoms with Crippen LogP contribution in [0, 0.1) is 0 Å². The van der Waals surface area contributed by atoms with Crippen LogP contribution >= 0.6 is 23.1 Å². The van der Waals surface area contributed by atoms with Crippen LogP contribution in [-0.2, 0) is 6.42 Å². The quantitative estimate of drug-likeness (QED) is 0.727. The summed E-state index contributed by atoms with van der Waals surface area (Å²) >= 11 is 3.43. The van der Waals surface area contributed by atoms with Crippen LogP contribution in [0.25, 0.3) is 0 Å². The van der Waals surface area contributed by atoms with Crippen molar-refractivity contribution >= 4 is 23.1 Å². The highest BCUT2D eigenvalue weighted by atomic mass is 32.2. The maximum Gasteiger partial charge on any atom is 0.149 e. The molecule has 4 heteroatoms. The van der Waals surface area contributed by atoms with E-state index in [9.17, 15) is 0 Å². The minimum Gasteiger partial charge on any atom is -0.319 e. The van der Waals surface area contributed by atoms with E-state index in [0.717, 1.165) is 17.3 Å². The van der Waals surface area contributed by atoms with Crippen LogP contribution in [0.1, 0.15) is 5.69 Å². The normalized spacial score (nSPS) is 10.4. The largest absolute Gasteiger partial charge is 0.319 e. The highest BCUT2D eigenvalue weighted by Gasteiger charge is 1.98. The van der Waals surface area contributed by atoms with Crippen molar-refractivity contribution in [1.29, 1.82) is 0 Å². The van der Waals surface area contributed by atoms with Crippen molar-refractivity contribution in [2.75, 3.05) is 19.8 Å². The minimum absolute atomic E-state index is 1.01. The highest BCUT2D eigenvalue weighted by Crippen LogP contribution is 2.19. The molecule has 11 heavy (non-hydrogen) atoms. The SMILES string of the molecule is CNCCc1csc(SC)n1. The summed E-state index contributed by atoms with van der Waals surface area (Å²) in [7, 11) is 1.96. The predicted molar refractivity (Wildman–Crippen MR) is 51.5 cm³/mol. The number of likely N-dealkylation sites (N-methyl/N-ethyl adjacent to an activating group) is 1. The molecule has 0 aliphatic carbocycles. The fourth-order valence-corrected chi connectivity index (χ4v) is 2.07. The van der Waals surface area contributed by atoms with Crippen molar-refractivity contribution in [3.8, 4) is 0 Å². The summed E-state index contributed by atoms with van der Waals surface area (Å²) in [5.74, 6) is 0. The zero-order valence-corrected chi connectivity index (χ0v) is 8.39. The van der Waals surface area contributed by atoms with E-state index in [1.807, 2.05) is 7.05 Å². The summed E-state index contributed by atoms with van der Waals surface area (Å²) in [6, 6.07) is 0. The Labute approximate surface area is 75.4 Å². The topological polar surface area (TPSA) is 24.9 Å². The van der Waals surface area contributed by atoms with E-state index in [1.54, 1.807) is 23.1 Å². The zero-order valence-electron chi connectivity index (χ0n) is 6.76. The van der Waals surface area contributed by atoms with Crippen LogP contribution in [-0.4, -0.2) is 24.8 Å². The molecule has 0 radical (unpaired) electrons. The van der Waals surface area contributed by atoms with E-state index in [4.69, 9.17) is 0 Å². The van der Waals surface area contributed by atoms with Gasteiger partial charge >= 0.3 is 0 Å². The first-order valence-electron chi connectivity index (χ1n) is 3.50. The lowest BCUT2D eigenvalue weighted by molar-refractivity contribution is 0.776. The van der Waals surface area contributed by atoms with Crippen LogP contribution < -0.4 is 5.32 Å². The second kappa shape index (κ2) is 4.74. The number of nitrogens with zero attached hydrogens (tertiary/aromatic N) is 1. The molecular weight excluding hydrogens is 176 g/mol. The summed E-state index contributed by atoms with van der Waals surface area (Å²) in [4.78, 5) is 4.41. The molecule has 62 valence electrons. The Morgan fingerprint density at radius 3 is 3.09 bits per heavy atom.